The van der Waals surface area contributed by atoms with E-state index in [1.807, 2.05) is 26.0 Å². The molecule has 1 rings (SSSR count). The molecular weight excluding hydrogens is 292 g/mol. The second kappa shape index (κ2) is 12.7. The summed E-state index contributed by atoms with van der Waals surface area (Å²) >= 11 is 0. The van der Waals surface area contributed by atoms with Gasteiger partial charge in [-0.3, -0.25) is 0 Å². The van der Waals surface area contributed by atoms with E-state index < -0.39 is 0 Å². The highest BCUT2D eigenvalue weighted by atomic mass is 16.5. The Morgan fingerprint density at radius 1 is 1.22 bits per heavy atom. The normalized spacial score (nSPS) is 11.3. The molecule has 6 heteroatoms. The minimum Gasteiger partial charge on any atom is -0.477 e. The number of nitrogens with one attached hydrogen (secondary N) is 2. The van der Waals surface area contributed by atoms with Crippen molar-refractivity contribution in [3.63, 3.8) is 0 Å². The van der Waals surface area contributed by atoms with E-state index in [1.54, 1.807) is 6.20 Å². The predicted molar refractivity (Wildman–Crippen MR) is 94.0 cm³/mol. The van der Waals surface area contributed by atoms with Crippen LogP contribution in [0.25, 0.3) is 0 Å². The molecular formula is C17H30N4O2. The number of ether oxygens (including phenoxy) is 2. The Labute approximate surface area is 139 Å². The highest BCUT2D eigenvalue weighted by Crippen LogP contribution is 2.15. The van der Waals surface area contributed by atoms with Crippen molar-refractivity contribution in [2.75, 3.05) is 32.9 Å². The maximum atomic E-state index is 5.74. The van der Waals surface area contributed by atoms with Crippen LogP contribution < -0.4 is 15.4 Å². The second-order valence-electron chi connectivity index (χ2n) is 4.99. The van der Waals surface area contributed by atoms with E-state index in [0.717, 1.165) is 44.1 Å². The van der Waals surface area contributed by atoms with Crippen LogP contribution in [0.1, 0.15) is 39.2 Å². The van der Waals surface area contributed by atoms with Gasteiger partial charge < -0.3 is 20.1 Å². The summed E-state index contributed by atoms with van der Waals surface area (Å²) < 4.78 is 11.1. The van der Waals surface area contributed by atoms with Crippen LogP contribution in [0.4, 0.5) is 0 Å². The Hall–Kier alpha value is -1.82. The lowest BCUT2D eigenvalue weighted by molar-refractivity contribution is 0.152. The lowest BCUT2D eigenvalue weighted by Crippen LogP contribution is -2.39. The van der Waals surface area contributed by atoms with Gasteiger partial charge in [-0.05, 0) is 26.3 Å². The molecule has 1 heterocycles. The van der Waals surface area contributed by atoms with Crippen molar-refractivity contribution in [3.05, 3.63) is 23.9 Å². The SMILES string of the molecule is CCCCOc1ncccc1CN=C(NCC)NCCOCC. The molecule has 0 atom stereocenters. The van der Waals surface area contributed by atoms with Gasteiger partial charge in [0.2, 0.25) is 5.88 Å². The maximum absolute atomic E-state index is 5.74. The molecule has 0 radical (unpaired) electrons. The number of hydrogen-bond donors (Lipinski definition) is 2. The molecule has 0 aliphatic rings. The number of aromatic nitrogens is 1. The number of guanidine groups is 1. The molecule has 0 aliphatic carbocycles. The Morgan fingerprint density at radius 2 is 2.09 bits per heavy atom. The molecule has 1 aromatic heterocycles. The van der Waals surface area contributed by atoms with Gasteiger partial charge in [-0.1, -0.05) is 19.4 Å². The smallest absolute Gasteiger partial charge is 0.218 e. The molecule has 2 N–H and O–H groups in total. The number of hydrogen-bond acceptors (Lipinski definition) is 4. The fourth-order valence-corrected chi connectivity index (χ4v) is 1.88. The molecule has 0 bridgehead atoms. The first-order chi connectivity index (χ1) is 11.3. The van der Waals surface area contributed by atoms with Crippen LogP contribution in [0, 0.1) is 0 Å². The van der Waals surface area contributed by atoms with Crippen molar-refractivity contribution in [1.29, 1.82) is 0 Å². The second-order valence-corrected chi connectivity index (χ2v) is 4.99. The molecule has 0 spiro atoms. The molecule has 0 saturated heterocycles. The van der Waals surface area contributed by atoms with E-state index in [2.05, 4.69) is 27.5 Å². The highest BCUT2D eigenvalue weighted by molar-refractivity contribution is 5.79. The van der Waals surface area contributed by atoms with Crippen LogP contribution in [-0.4, -0.2) is 43.9 Å². The summed E-state index contributed by atoms with van der Waals surface area (Å²) in [5, 5.41) is 6.47. The first-order valence-corrected chi connectivity index (χ1v) is 8.48. The zero-order valence-electron chi connectivity index (χ0n) is 14.6. The summed E-state index contributed by atoms with van der Waals surface area (Å²) in [5.41, 5.74) is 0.991. The monoisotopic (exact) mass is 322 g/mol. The minimum absolute atomic E-state index is 0.527. The van der Waals surface area contributed by atoms with Crippen molar-refractivity contribution in [3.8, 4) is 5.88 Å². The van der Waals surface area contributed by atoms with Crippen molar-refractivity contribution in [1.82, 2.24) is 15.6 Å². The number of unbranched alkanes of at least 4 members (excludes halogenated alkanes) is 1. The Kier molecular flexibility index (Phi) is 10.6. The fourth-order valence-electron chi connectivity index (χ4n) is 1.88. The van der Waals surface area contributed by atoms with Gasteiger partial charge in [0.15, 0.2) is 5.96 Å². The van der Waals surface area contributed by atoms with Gasteiger partial charge in [-0.2, -0.15) is 0 Å². The van der Waals surface area contributed by atoms with Gasteiger partial charge in [-0.25, -0.2) is 9.98 Å². The molecule has 6 nitrogen and oxygen atoms in total. The maximum Gasteiger partial charge on any atom is 0.218 e. The van der Waals surface area contributed by atoms with Crippen LogP contribution in [0.15, 0.2) is 23.3 Å². The van der Waals surface area contributed by atoms with Crippen LogP contribution in [-0.2, 0) is 11.3 Å². The van der Waals surface area contributed by atoms with E-state index in [0.29, 0.717) is 25.6 Å². The zero-order chi connectivity index (χ0) is 16.8. The molecule has 0 saturated carbocycles. The summed E-state index contributed by atoms with van der Waals surface area (Å²) in [4.78, 5) is 8.90. The molecule has 0 fully saturated rings. The first kappa shape index (κ1) is 19.2. The average molecular weight is 322 g/mol. The third-order valence-electron chi connectivity index (χ3n) is 3.08. The van der Waals surface area contributed by atoms with Crippen LogP contribution in [0.5, 0.6) is 5.88 Å². The molecule has 0 aromatic carbocycles. The molecule has 0 aliphatic heterocycles. The Morgan fingerprint density at radius 3 is 2.83 bits per heavy atom. The summed E-state index contributed by atoms with van der Waals surface area (Å²) in [6, 6.07) is 3.91. The number of rotatable bonds is 11. The van der Waals surface area contributed by atoms with Gasteiger partial charge in [-0.15, -0.1) is 0 Å². The fraction of sp³-hybridized carbons (Fsp3) is 0.647. The molecule has 0 unspecified atom stereocenters. The van der Waals surface area contributed by atoms with E-state index in [1.165, 1.54) is 0 Å². The van der Waals surface area contributed by atoms with Gasteiger partial charge in [0.1, 0.15) is 0 Å². The average Bonchev–Trinajstić information content (AvgIpc) is 2.57. The summed E-state index contributed by atoms with van der Waals surface area (Å²) in [6.45, 7) is 10.3. The predicted octanol–water partition coefficient (Wildman–Crippen LogP) is 2.35. The van der Waals surface area contributed by atoms with E-state index in [4.69, 9.17) is 9.47 Å². The van der Waals surface area contributed by atoms with Gasteiger partial charge in [0.25, 0.3) is 0 Å². The van der Waals surface area contributed by atoms with E-state index in [9.17, 15) is 0 Å². The molecule has 0 amide bonds. The number of pyridine rings is 1. The van der Waals surface area contributed by atoms with Crippen molar-refractivity contribution >= 4 is 5.96 Å². The van der Waals surface area contributed by atoms with Gasteiger partial charge >= 0.3 is 0 Å². The Balaban J connectivity index is 2.59. The van der Waals surface area contributed by atoms with Crippen molar-refractivity contribution < 1.29 is 9.47 Å². The third-order valence-corrected chi connectivity index (χ3v) is 3.08. The van der Waals surface area contributed by atoms with Crippen LogP contribution >= 0.6 is 0 Å². The summed E-state index contributed by atoms with van der Waals surface area (Å²) in [5.74, 6) is 1.45. The van der Waals surface area contributed by atoms with Crippen LogP contribution in [0.3, 0.4) is 0 Å². The van der Waals surface area contributed by atoms with Gasteiger partial charge in [0, 0.05) is 31.5 Å². The largest absolute Gasteiger partial charge is 0.477 e. The van der Waals surface area contributed by atoms with E-state index >= 15 is 0 Å². The first-order valence-electron chi connectivity index (χ1n) is 8.48. The van der Waals surface area contributed by atoms with Gasteiger partial charge in [0.05, 0.1) is 19.8 Å². The third kappa shape index (κ3) is 8.40. The molecule has 130 valence electrons. The van der Waals surface area contributed by atoms with Crippen molar-refractivity contribution in [2.24, 2.45) is 4.99 Å². The zero-order valence-corrected chi connectivity index (χ0v) is 14.6. The lowest BCUT2D eigenvalue weighted by Gasteiger charge is -2.12. The Bertz CT molecular complexity index is 452. The summed E-state index contributed by atoms with van der Waals surface area (Å²) in [7, 11) is 0. The standard InChI is InChI=1S/C17H30N4O2/c1-4-7-12-23-16-15(9-8-10-19-16)14-21-17(18-5-2)20-11-13-22-6-3/h8-10H,4-7,11-14H2,1-3H3,(H2,18,20,21). The number of aliphatic imine (C=N–C) groups is 1. The van der Waals surface area contributed by atoms with Crippen LogP contribution in [0.2, 0.25) is 0 Å². The summed E-state index contributed by atoms with van der Waals surface area (Å²) in [6.07, 6.45) is 3.88. The lowest BCUT2D eigenvalue weighted by atomic mass is 10.3. The number of nitrogens with zero attached hydrogens (tertiary/aromatic N) is 2. The molecule has 23 heavy (non-hydrogen) atoms. The topological polar surface area (TPSA) is 67.8 Å². The highest BCUT2D eigenvalue weighted by Gasteiger charge is 2.05. The molecule has 1 aromatic rings. The van der Waals surface area contributed by atoms with E-state index in [-0.39, 0.29) is 0 Å². The van der Waals surface area contributed by atoms with Crippen molar-refractivity contribution in [2.45, 2.75) is 40.2 Å². The minimum atomic E-state index is 0.527. The quantitative estimate of drug-likeness (QED) is 0.372.